The highest BCUT2D eigenvalue weighted by Gasteiger charge is 2.19. The quantitative estimate of drug-likeness (QED) is 0.357. The van der Waals surface area contributed by atoms with Crippen molar-refractivity contribution in [3.8, 4) is 0 Å². The number of benzene rings is 2. The van der Waals surface area contributed by atoms with Crippen molar-refractivity contribution in [3.05, 3.63) is 70.0 Å². The molecule has 0 unspecified atom stereocenters. The highest BCUT2D eigenvalue weighted by molar-refractivity contribution is 9.10. The molecule has 0 aromatic heterocycles. The van der Waals surface area contributed by atoms with Crippen LogP contribution >= 0.6 is 15.9 Å². The Morgan fingerprint density at radius 1 is 1.13 bits per heavy atom. The first kappa shape index (κ1) is 23.1. The molecular weight excluding hydrogens is 469 g/mol. The maximum Gasteiger partial charge on any atom is 0.331 e. The minimum atomic E-state index is -1.73. The van der Waals surface area contributed by atoms with Crippen LogP contribution < -0.4 is 10.6 Å². The number of carbonyl (C=O) groups excluding carboxylic acids is 3. The maximum absolute atomic E-state index is 13.5. The van der Waals surface area contributed by atoms with Crippen LogP contribution in [-0.4, -0.2) is 30.4 Å². The predicted octanol–water partition coefficient (Wildman–Crippen LogP) is 3.57. The van der Waals surface area contributed by atoms with Crippen molar-refractivity contribution in [1.29, 1.82) is 0 Å². The fourth-order valence-electron chi connectivity index (χ4n) is 2.17. The molecule has 0 spiro atoms. The normalized spacial score (nSPS) is 11.8. The minimum Gasteiger partial charge on any atom is -0.449 e. The average molecular weight is 485 g/mol. The van der Waals surface area contributed by atoms with Crippen LogP contribution in [0.15, 0.2) is 46.9 Å². The lowest BCUT2D eigenvalue weighted by Crippen LogP contribution is -2.40. The average Bonchev–Trinajstić information content (AvgIpc) is 2.71. The smallest absolute Gasteiger partial charge is 0.331 e. The number of nitrogens with one attached hydrogen (secondary N) is 2. The topological polar surface area (TPSA) is 84.5 Å². The summed E-state index contributed by atoms with van der Waals surface area (Å²) in [5.74, 6) is -7.13. The number of ether oxygens (including phenoxy) is 1. The minimum absolute atomic E-state index is 0.578. The van der Waals surface area contributed by atoms with Gasteiger partial charge in [-0.15, -0.1) is 0 Å². The van der Waals surface area contributed by atoms with Crippen LogP contribution in [-0.2, 0) is 19.1 Å². The van der Waals surface area contributed by atoms with E-state index < -0.39 is 53.6 Å². The Balaban J connectivity index is 1.81. The van der Waals surface area contributed by atoms with Gasteiger partial charge < -0.3 is 15.4 Å². The van der Waals surface area contributed by atoms with Crippen LogP contribution in [0.2, 0.25) is 0 Å². The lowest BCUT2D eigenvalue weighted by molar-refractivity contribution is -0.150. The zero-order valence-corrected chi connectivity index (χ0v) is 17.1. The van der Waals surface area contributed by atoms with Crippen LogP contribution in [0.3, 0.4) is 0 Å². The summed E-state index contributed by atoms with van der Waals surface area (Å²) >= 11 is 3.30. The predicted molar refractivity (Wildman–Crippen MR) is 107 cm³/mol. The van der Waals surface area contributed by atoms with Gasteiger partial charge in [0.2, 0.25) is 5.91 Å². The van der Waals surface area contributed by atoms with E-state index in [1.165, 1.54) is 13.0 Å². The van der Waals surface area contributed by atoms with E-state index in [1.807, 2.05) is 11.4 Å². The van der Waals surface area contributed by atoms with E-state index in [-0.39, 0.29) is 0 Å². The van der Waals surface area contributed by atoms with Gasteiger partial charge in [-0.25, -0.2) is 18.0 Å². The largest absolute Gasteiger partial charge is 0.449 e. The molecule has 0 saturated carbocycles. The second-order valence-electron chi connectivity index (χ2n) is 5.96. The summed E-state index contributed by atoms with van der Waals surface area (Å²) < 4.78 is 45.3. The van der Waals surface area contributed by atoms with Crippen LogP contribution in [0.1, 0.15) is 12.5 Å². The summed E-state index contributed by atoms with van der Waals surface area (Å²) in [5.41, 5.74) is 0.157. The fraction of sp³-hybridized carbons (Fsp3) is 0.150. The molecule has 2 N–H and O–H groups in total. The van der Waals surface area contributed by atoms with Crippen molar-refractivity contribution in [2.75, 3.05) is 11.9 Å². The van der Waals surface area contributed by atoms with Gasteiger partial charge in [-0.05, 0) is 42.8 Å². The number of anilines is 1. The number of hydrogen-bond acceptors (Lipinski definition) is 4. The van der Waals surface area contributed by atoms with Crippen molar-refractivity contribution < 1.29 is 32.3 Å². The molecule has 0 aliphatic carbocycles. The van der Waals surface area contributed by atoms with E-state index in [1.54, 1.807) is 18.2 Å². The Bertz CT molecular complexity index is 998. The Hall–Kier alpha value is -3.14. The molecule has 30 heavy (non-hydrogen) atoms. The molecular formula is C20H16BrF3N2O4. The first-order chi connectivity index (χ1) is 14.2. The van der Waals surface area contributed by atoms with Gasteiger partial charge in [-0.2, -0.15) is 0 Å². The van der Waals surface area contributed by atoms with E-state index in [4.69, 9.17) is 4.74 Å². The van der Waals surface area contributed by atoms with Crippen molar-refractivity contribution in [2.24, 2.45) is 0 Å². The third-order valence-electron chi connectivity index (χ3n) is 3.66. The molecule has 2 aromatic rings. The molecule has 0 fully saturated rings. The van der Waals surface area contributed by atoms with Gasteiger partial charge in [0.05, 0.1) is 12.2 Å². The molecule has 0 radical (unpaired) electrons. The first-order valence-corrected chi connectivity index (χ1v) is 9.32. The zero-order chi connectivity index (χ0) is 22.3. The molecule has 0 aliphatic heterocycles. The molecule has 10 heteroatoms. The zero-order valence-electron chi connectivity index (χ0n) is 15.5. The van der Waals surface area contributed by atoms with Gasteiger partial charge in [0, 0.05) is 10.5 Å². The molecule has 2 rings (SSSR count). The summed E-state index contributed by atoms with van der Waals surface area (Å²) in [6.45, 7) is 0.695. The van der Waals surface area contributed by atoms with Crippen molar-refractivity contribution in [3.63, 3.8) is 0 Å². The number of carbonyl (C=O) groups is 3. The standard InChI is InChI=1S/C20H16BrF3N2O4/c1-11(30-17(28)8-5-12-3-2-4-13(21)9-12)20(29)25-10-16(27)26-15-7-6-14(22)18(23)19(15)24/h2-9,11H,10H2,1H3,(H,25,29)(H,26,27)/b8-5+/t11-/m1/s1. The molecule has 2 aromatic carbocycles. The van der Waals surface area contributed by atoms with Crippen LogP contribution in [0.4, 0.5) is 18.9 Å². The second-order valence-corrected chi connectivity index (χ2v) is 6.87. The SMILES string of the molecule is C[C@@H](OC(=O)/C=C/c1cccc(Br)c1)C(=O)NCC(=O)Nc1ccc(F)c(F)c1F. The number of halogens is 4. The lowest BCUT2D eigenvalue weighted by atomic mass is 10.2. The fourth-order valence-corrected chi connectivity index (χ4v) is 2.59. The maximum atomic E-state index is 13.5. The number of hydrogen-bond donors (Lipinski definition) is 2. The third kappa shape index (κ3) is 6.73. The van der Waals surface area contributed by atoms with Crippen LogP contribution in [0, 0.1) is 17.5 Å². The molecule has 6 nitrogen and oxygen atoms in total. The summed E-state index contributed by atoms with van der Waals surface area (Å²) in [6.07, 6.45) is 1.43. The number of amides is 2. The van der Waals surface area contributed by atoms with Crippen LogP contribution in [0.5, 0.6) is 0 Å². The van der Waals surface area contributed by atoms with Gasteiger partial charge in [0.1, 0.15) is 0 Å². The Labute approximate surface area is 178 Å². The number of esters is 1. The van der Waals surface area contributed by atoms with Gasteiger partial charge in [0.15, 0.2) is 23.6 Å². The molecule has 0 bridgehead atoms. The Morgan fingerprint density at radius 3 is 2.57 bits per heavy atom. The van der Waals surface area contributed by atoms with Crippen LogP contribution in [0.25, 0.3) is 6.08 Å². The van der Waals surface area contributed by atoms with E-state index >= 15 is 0 Å². The Kier molecular flexibility index (Phi) is 8.16. The highest BCUT2D eigenvalue weighted by atomic mass is 79.9. The lowest BCUT2D eigenvalue weighted by Gasteiger charge is -2.12. The van der Waals surface area contributed by atoms with Crippen molar-refractivity contribution in [2.45, 2.75) is 13.0 Å². The Morgan fingerprint density at radius 2 is 1.87 bits per heavy atom. The molecule has 2 amide bonds. The van der Waals surface area contributed by atoms with Gasteiger partial charge >= 0.3 is 5.97 Å². The summed E-state index contributed by atoms with van der Waals surface area (Å²) in [5, 5.41) is 4.18. The molecule has 1 atom stereocenters. The monoisotopic (exact) mass is 484 g/mol. The van der Waals surface area contributed by atoms with Gasteiger partial charge in [-0.3, -0.25) is 9.59 Å². The molecule has 0 aliphatic rings. The van der Waals surface area contributed by atoms with Gasteiger partial charge in [-0.1, -0.05) is 28.1 Å². The van der Waals surface area contributed by atoms with Gasteiger partial charge in [0.25, 0.3) is 5.91 Å². The van der Waals surface area contributed by atoms with E-state index in [2.05, 4.69) is 21.2 Å². The molecule has 0 heterocycles. The van der Waals surface area contributed by atoms with Crippen molar-refractivity contribution >= 4 is 45.5 Å². The summed E-state index contributed by atoms with van der Waals surface area (Å²) in [6, 6.07) is 8.63. The van der Waals surface area contributed by atoms with E-state index in [0.717, 1.165) is 22.2 Å². The van der Waals surface area contributed by atoms with Crippen molar-refractivity contribution in [1.82, 2.24) is 5.32 Å². The third-order valence-corrected chi connectivity index (χ3v) is 4.15. The first-order valence-electron chi connectivity index (χ1n) is 8.52. The number of rotatable bonds is 7. The molecule has 158 valence electrons. The second kappa shape index (κ2) is 10.6. The summed E-state index contributed by atoms with van der Waals surface area (Å²) in [4.78, 5) is 35.5. The van der Waals surface area contributed by atoms with E-state index in [9.17, 15) is 27.6 Å². The summed E-state index contributed by atoms with van der Waals surface area (Å²) in [7, 11) is 0. The highest BCUT2D eigenvalue weighted by Crippen LogP contribution is 2.19. The molecule has 0 saturated heterocycles. The van der Waals surface area contributed by atoms with E-state index in [0.29, 0.717) is 6.07 Å².